The maximum absolute atomic E-state index is 12.2. The number of likely N-dealkylation sites (tertiary alicyclic amines) is 1. The standard InChI is InChI=1S/C20H20N2O2/c21-20(24)18-11-12-22(14-18)19(23)10-9-15-5-4-8-17(13-15)16-6-2-1-3-7-16/h1-10,13,18H,11-12,14H2,(H2,21,24)/b10-9-/t18-/m1/s1. The van der Waals surface area contributed by atoms with Crippen LogP contribution in [0.25, 0.3) is 17.2 Å². The molecule has 1 heterocycles. The van der Waals surface area contributed by atoms with Crippen molar-refractivity contribution in [1.29, 1.82) is 0 Å². The number of carbonyl (C=O) groups excluding carboxylic acids is 2. The van der Waals surface area contributed by atoms with E-state index in [0.29, 0.717) is 19.5 Å². The number of primary amides is 1. The van der Waals surface area contributed by atoms with Gasteiger partial charge >= 0.3 is 0 Å². The predicted octanol–water partition coefficient (Wildman–Crippen LogP) is 2.70. The second kappa shape index (κ2) is 7.13. The van der Waals surface area contributed by atoms with Gasteiger partial charge in [-0.05, 0) is 35.3 Å². The minimum absolute atomic E-state index is 0.0798. The Bertz CT molecular complexity index is 768. The fourth-order valence-corrected chi connectivity index (χ4v) is 2.92. The number of nitrogens with zero attached hydrogens (tertiary/aromatic N) is 1. The molecular formula is C20H20N2O2. The van der Waals surface area contributed by atoms with Crippen molar-refractivity contribution >= 4 is 17.9 Å². The molecule has 4 nitrogen and oxygen atoms in total. The first-order chi connectivity index (χ1) is 11.6. The van der Waals surface area contributed by atoms with Crippen LogP contribution in [0, 0.1) is 5.92 Å². The first-order valence-electron chi connectivity index (χ1n) is 8.05. The van der Waals surface area contributed by atoms with Gasteiger partial charge in [0.05, 0.1) is 5.92 Å². The summed E-state index contributed by atoms with van der Waals surface area (Å²) in [7, 11) is 0. The molecule has 3 rings (SSSR count). The third-order valence-corrected chi connectivity index (χ3v) is 4.31. The third-order valence-electron chi connectivity index (χ3n) is 4.31. The van der Waals surface area contributed by atoms with Crippen LogP contribution >= 0.6 is 0 Å². The van der Waals surface area contributed by atoms with E-state index in [9.17, 15) is 9.59 Å². The molecule has 2 amide bonds. The van der Waals surface area contributed by atoms with E-state index in [4.69, 9.17) is 5.73 Å². The van der Waals surface area contributed by atoms with Crippen molar-refractivity contribution in [3.63, 3.8) is 0 Å². The molecule has 0 aromatic heterocycles. The SMILES string of the molecule is NC(=O)[C@@H]1CCN(C(=O)/C=C\c2cccc(-c3ccccc3)c2)C1. The van der Waals surface area contributed by atoms with Crippen molar-refractivity contribution in [1.82, 2.24) is 4.90 Å². The van der Waals surface area contributed by atoms with Crippen LogP contribution in [0.15, 0.2) is 60.7 Å². The third kappa shape index (κ3) is 3.71. The summed E-state index contributed by atoms with van der Waals surface area (Å²) in [4.78, 5) is 25.1. The summed E-state index contributed by atoms with van der Waals surface area (Å²) >= 11 is 0. The Morgan fingerprint density at radius 2 is 1.79 bits per heavy atom. The minimum Gasteiger partial charge on any atom is -0.369 e. The number of benzene rings is 2. The van der Waals surface area contributed by atoms with Gasteiger partial charge in [-0.2, -0.15) is 0 Å². The maximum Gasteiger partial charge on any atom is 0.246 e. The van der Waals surface area contributed by atoms with Gasteiger partial charge in [0.1, 0.15) is 0 Å². The van der Waals surface area contributed by atoms with Crippen LogP contribution in [0.3, 0.4) is 0 Å². The molecule has 1 saturated heterocycles. The average molecular weight is 320 g/mol. The van der Waals surface area contributed by atoms with E-state index in [0.717, 1.165) is 16.7 Å². The molecule has 0 spiro atoms. The molecular weight excluding hydrogens is 300 g/mol. The first kappa shape index (κ1) is 16.0. The Hall–Kier alpha value is -2.88. The fraction of sp³-hybridized carbons (Fsp3) is 0.200. The van der Waals surface area contributed by atoms with Gasteiger partial charge in [0.25, 0.3) is 0 Å². The second-order valence-corrected chi connectivity index (χ2v) is 6.00. The van der Waals surface area contributed by atoms with Gasteiger partial charge in [-0.25, -0.2) is 0 Å². The fourth-order valence-electron chi connectivity index (χ4n) is 2.92. The van der Waals surface area contributed by atoms with E-state index in [1.807, 2.05) is 42.5 Å². The van der Waals surface area contributed by atoms with Crippen LogP contribution in [0.4, 0.5) is 0 Å². The van der Waals surface area contributed by atoms with Crippen molar-refractivity contribution in [2.45, 2.75) is 6.42 Å². The zero-order chi connectivity index (χ0) is 16.9. The summed E-state index contributed by atoms with van der Waals surface area (Å²) in [6.45, 7) is 1.00. The first-order valence-corrected chi connectivity index (χ1v) is 8.05. The Morgan fingerprint density at radius 1 is 1.04 bits per heavy atom. The molecule has 0 unspecified atom stereocenters. The summed E-state index contributed by atoms with van der Waals surface area (Å²) in [5.41, 5.74) is 8.52. The lowest BCUT2D eigenvalue weighted by molar-refractivity contribution is -0.125. The Labute approximate surface area is 141 Å². The zero-order valence-corrected chi connectivity index (χ0v) is 13.4. The number of hydrogen-bond acceptors (Lipinski definition) is 2. The second-order valence-electron chi connectivity index (χ2n) is 6.00. The zero-order valence-electron chi connectivity index (χ0n) is 13.4. The van der Waals surface area contributed by atoms with Crippen molar-refractivity contribution < 1.29 is 9.59 Å². The number of rotatable bonds is 4. The van der Waals surface area contributed by atoms with E-state index < -0.39 is 0 Å². The lowest BCUT2D eigenvalue weighted by atomic mass is 10.0. The van der Waals surface area contributed by atoms with Crippen molar-refractivity contribution in [3.05, 3.63) is 66.2 Å². The highest BCUT2D eigenvalue weighted by Crippen LogP contribution is 2.21. The molecule has 2 aromatic carbocycles. The van der Waals surface area contributed by atoms with Gasteiger partial charge < -0.3 is 10.6 Å². The van der Waals surface area contributed by atoms with Crippen LogP contribution < -0.4 is 5.73 Å². The van der Waals surface area contributed by atoms with Gasteiger partial charge in [0.15, 0.2) is 0 Å². The van der Waals surface area contributed by atoms with Crippen LogP contribution in [0.5, 0.6) is 0 Å². The molecule has 0 bridgehead atoms. The molecule has 1 aliphatic rings. The monoisotopic (exact) mass is 320 g/mol. The van der Waals surface area contributed by atoms with Gasteiger partial charge in [-0.15, -0.1) is 0 Å². The smallest absolute Gasteiger partial charge is 0.246 e. The van der Waals surface area contributed by atoms with Crippen molar-refractivity contribution in [2.24, 2.45) is 11.7 Å². The summed E-state index contributed by atoms with van der Waals surface area (Å²) in [6.07, 6.45) is 4.03. The minimum atomic E-state index is -0.329. The van der Waals surface area contributed by atoms with E-state index >= 15 is 0 Å². The molecule has 2 aromatic rings. The highest BCUT2D eigenvalue weighted by Gasteiger charge is 2.28. The van der Waals surface area contributed by atoms with Crippen molar-refractivity contribution in [2.75, 3.05) is 13.1 Å². The van der Waals surface area contributed by atoms with Crippen molar-refractivity contribution in [3.8, 4) is 11.1 Å². The molecule has 122 valence electrons. The largest absolute Gasteiger partial charge is 0.369 e. The highest BCUT2D eigenvalue weighted by atomic mass is 16.2. The Balaban J connectivity index is 1.69. The Kier molecular flexibility index (Phi) is 4.75. The van der Waals surface area contributed by atoms with Gasteiger partial charge in [-0.3, -0.25) is 9.59 Å². The Morgan fingerprint density at radius 3 is 2.50 bits per heavy atom. The molecule has 24 heavy (non-hydrogen) atoms. The van der Waals surface area contributed by atoms with E-state index in [1.165, 1.54) is 0 Å². The average Bonchev–Trinajstić information content (AvgIpc) is 3.11. The number of hydrogen-bond donors (Lipinski definition) is 1. The van der Waals surface area contributed by atoms with Gasteiger partial charge in [0, 0.05) is 19.2 Å². The molecule has 1 aliphatic heterocycles. The van der Waals surface area contributed by atoms with E-state index in [2.05, 4.69) is 18.2 Å². The van der Waals surface area contributed by atoms with Gasteiger partial charge in [-0.1, -0.05) is 48.5 Å². The molecule has 2 N–H and O–H groups in total. The van der Waals surface area contributed by atoms with Gasteiger partial charge in [0.2, 0.25) is 11.8 Å². The van der Waals surface area contributed by atoms with E-state index in [1.54, 1.807) is 11.0 Å². The van der Waals surface area contributed by atoms with E-state index in [-0.39, 0.29) is 17.7 Å². The van der Waals surface area contributed by atoms with Crippen LogP contribution in [-0.4, -0.2) is 29.8 Å². The summed E-state index contributed by atoms with van der Waals surface area (Å²) in [5.74, 6) is -0.627. The molecule has 0 saturated carbocycles. The lowest BCUT2D eigenvalue weighted by Crippen LogP contribution is -2.30. The number of nitrogens with two attached hydrogens (primary N) is 1. The number of carbonyl (C=O) groups is 2. The quantitative estimate of drug-likeness (QED) is 0.880. The maximum atomic E-state index is 12.2. The van der Waals surface area contributed by atoms with Crippen LogP contribution in [0.1, 0.15) is 12.0 Å². The van der Waals surface area contributed by atoms with Crippen LogP contribution in [-0.2, 0) is 9.59 Å². The molecule has 0 aliphatic carbocycles. The molecule has 1 atom stereocenters. The highest BCUT2D eigenvalue weighted by molar-refractivity contribution is 5.92. The summed E-state index contributed by atoms with van der Waals surface area (Å²) in [5, 5.41) is 0. The lowest BCUT2D eigenvalue weighted by Gasteiger charge is -2.13. The topological polar surface area (TPSA) is 63.4 Å². The summed E-state index contributed by atoms with van der Waals surface area (Å²) in [6, 6.07) is 18.2. The predicted molar refractivity (Wildman–Crippen MR) is 94.8 cm³/mol. The molecule has 4 heteroatoms. The molecule has 0 radical (unpaired) electrons. The van der Waals surface area contributed by atoms with Crippen LogP contribution in [0.2, 0.25) is 0 Å². The molecule has 1 fully saturated rings. The summed E-state index contributed by atoms with van der Waals surface area (Å²) < 4.78 is 0. The number of amides is 2. The normalized spacial score (nSPS) is 17.3.